The lowest BCUT2D eigenvalue weighted by Crippen LogP contribution is -2.34. The second kappa shape index (κ2) is 5.21. The smallest absolute Gasteiger partial charge is 0.240 e. The van der Waals surface area contributed by atoms with Crippen LogP contribution < -0.4 is 5.32 Å². The summed E-state index contributed by atoms with van der Waals surface area (Å²) in [4.78, 5) is 14.0. The highest BCUT2D eigenvalue weighted by molar-refractivity contribution is 7.99. The molecular formula is C11H20N2OS. The van der Waals surface area contributed by atoms with Gasteiger partial charge in [-0.15, -0.1) is 0 Å². The molecule has 2 heterocycles. The molecule has 0 aromatic heterocycles. The first-order valence-electron chi connectivity index (χ1n) is 5.91. The number of carbonyl (C=O) groups excluding carboxylic acids is 1. The van der Waals surface area contributed by atoms with Crippen molar-refractivity contribution >= 4 is 17.7 Å². The van der Waals surface area contributed by atoms with E-state index in [9.17, 15) is 4.79 Å². The SMILES string of the molecule is CCCC1NCN(CC2CCSC2)C1=O. The number of rotatable bonds is 4. The van der Waals surface area contributed by atoms with Gasteiger partial charge in [0.1, 0.15) is 0 Å². The molecule has 86 valence electrons. The maximum atomic E-state index is 11.9. The molecule has 0 aromatic rings. The van der Waals surface area contributed by atoms with Gasteiger partial charge in [-0.25, -0.2) is 0 Å². The van der Waals surface area contributed by atoms with Crippen molar-refractivity contribution in [3.63, 3.8) is 0 Å². The van der Waals surface area contributed by atoms with Crippen LogP contribution in [0.15, 0.2) is 0 Å². The average Bonchev–Trinajstić information content (AvgIpc) is 2.83. The van der Waals surface area contributed by atoms with E-state index in [1.165, 1.54) is 17.9 Å². The number of hydrogen-bond donors (Lipinski definition) is 1. The maximum Gasteiger partial charge on any atom is 0.240 e. The fraction of sp³-hybridized carbons (Fsp3) is 0.909. The third-order valence-corrected chi connectivity index (χ3v) is 4.45. The summed E-state index contributed by atoms with van der Waals surface area (Å²) >= 11 is 2.02. The molecule has 0 saturated carbocycles. The standard InChI is InChI=1S/C11H20N2OS/c1-2-3-10-11(14)13(8-12-10)6-9-4-5-15-7-9/h9-10,12H,2-8H2,1H3. The number of nitrogens with zero attached hydrogens (tertiary/aromatic N) is 1. The van der Waals surface area contributed by atoms with Gasteiger partial charge < -0.3 is 4.90 Å². The fourth-order valence-corrected chi connectivity index (χ4v) is 3.59. The van der Waals surface area contributed by atoms with Gasteiger partial charge in [0, 0.05) is 6.54 Å². The number of amides is 1. The van der Waals surface area contributed by atoms with Crippen molar-refractivity contribution in [3.05, 3.63) is 0 Å². The minimum absolute atomic E-state index is 0.101. The normalized spacial score (nSPS) is 31.5. The average molecular weight is 228 g/mol. The molecule has 2 fully saturated rings. The van der Waals surface area contributed by atoms with Crippen molar-refractivity contribution in [1.29, 1.82) is 0 Å². The molecule has 0 aliphatic carbocycles. The predicted molar refractivity (Wildman–Crippen MR) is 63.8 cm³/mol. The first kappa shape index (κ1) is 11.3. The van der Waals surface area contributed by atoms with Crippen LogP contribution in [-0.4, -0.2) is 41.6 Å². The largest absolute Gasteiger partial charge is 0.328 e. The molecule has 4 heteroatoms. The molecule has 15 heavy (non-hydrogen) atoms. The Morgan fingerprint density at radius 3 is 3.13 bits per heavy atom. The minimum Gasteiger partial charge on any atom is -0.328 e. The van der Waals surface area contributed by atoms with E-state index in [0.717, 1.165) is 32.0 Å². The molecule has 1 N–H and O–H groups in total. The Balaban J connectivity index is 1.81. The van der Waals surface area contributed by atoms with Crippen LogP contribution >= 0.6 is 11.8 Å². The van der Waals surface area contributed by atoms with Gasteiger partial charge >= 0.3 is 0 Å². The Kier molecular flexibility index (Phi) is 3.92. The van der Waals surface area contributed by atoms with Gasteiger partial charge in [0.2, 0.25) is 5.91 Å². The Morgan fingerprint density at radius 2 is 2.47 bits per heavy atom. The van der Waals surface area contributed by atoms with Crippen LogP contribution in [-0.2, 0) is 4.79 Å². The van der Waals surface area contributed by atoms with E-state index < -0.39 is 0 Å². The zero-order chi connectivity index (χ0) is 10.7. The summed E-state index contributed by atoms with van der Waals surface area (Å²) < 4.78 is 0. The van der Waals surface area contributed by atoms with Crippen molar-refractivity contribution in [3.8, 4) is 0 Å². The molecule has 0 aromatic carbocycles. The van der Waals surface area contributed by atoms with Crippen LogP contribution in [0.2, 0.25) is 0 Å². The molecule has 2 saturated heterocycles. The number of carbonyl (C=O) groups is 1. The molecule has 2 atom stereocenters. The molecule has 0 radical (unpaired) electrons. The van der Waals surface area contributed by atoms with E-state index in [0.29, 0.717) is 5.91 Å². The predicted octanol–water partition coefficient (Wildman–Crippen LogP) is 1.30. The van der Waals surface area contributed by atoms with Crippen molar-refractivity contribution in [1.82, 2.24) is 10.2 Å². The number of nitrogens with one attached hydrogen (secondary N) is 1. The van der Waals surface area contributed by atoms with Gasteiger partial charge in [0.25, 0.3) is 0 Å². The number of thioether (sulfide) groups is 1. The zero-order valence-corrected chi connectivity index (χ0v) is 10.2. The molecule has 2 unspecified atom stereocenters. The van der Waals surface area contributed by atoms with Gasteiger partial charge in [-0.3, -0.25) is 10.1 Å². The van der Waals surface area contributed by atoms with E-state index in [-0.39, 0.29) is 6.04 Å². The van der Waals surface area contributed by atoms with Crippen LogP contribution in [0.3, 0.4) is 0 Å². The van der Waals surface area contributed by atoms with Crippen molar-refractivity contribution in [2.45, 2.75) is 32.2 Å². The van der Waals surface area contributed by atoms with Crippen molar-refractivity contribution in [2.24, 2.45) is 5.92 Å². The van der Waals surface area contributed by atoms with Gasteiger partial charge in [0.15, 0.2) is 0 Å². The Bertz CT molecular complexity index is 229. The van der Waals surface area contributed by atoms with E-state index in [1.54, 1.807) is 0 Å². The lowest BCUT2D eigenvalue weighted by atomic mass is 10.1. The monoisotopic (exact) mass is 228 g/mol. The maximum absolute atomic E-state index is 11.9. The van der Waals surface area contributed by atoms with Gasteiger partial charge in [0.05, 0.1) is 12.7 Å². The highest BCUT2D eigenvalue weighted by Gasteiger charge is 2.32. The topological polar surface area (TPSA) is 32.3 Å². The highest BCUT2D eigenvalue weighted by atomic mass is 32.2. The summed E-state index contributed by atoms with van der Waals surface area (Å²) in [7, 11) is 0. The number of hydrogen-bond acceptors (Lipinski definition) is 3. The molecule has 2 rings (SSSR count). The lowest BCUT2D eigenvalue weighted by molar-refractivity contribution is -0.129. The second-order valence-electron chi connectivity index (χ2n) is 4.49. The quantitative estimate of drug-likeness (QED) is 0.787. The molecule has 0 spiro atoms. The zero-order valence-electron chi connectivity index (χ0n) is 9.37. The van der Waals surface area contributed by atoms with Gasteiger partial charge in [-0.2, -0.15) is 11.8 Å². The summed E-state index contributed by atoms with van der Waals surface area (Å²) in [5.74, 6) is 3.58. The Labute approximate surface area is 96.0 Å². The third-order valence-electron chi connectivity index (χ3n) is 3.22. The van der Waals surface area contributed by atoms with Crippen LogP contribution in [0, 0.1) is 5.92 Å². The summed E-state index contributed by atoms with van der Waals surface area (Å²) in [6.45, 7) is 3.87. The molecule has 1 amide bonds. The minimum atomic E-state index is 0.101. The molecule has 3 nitrogen and oxygen atoms in total. The van der Waals surface area contributed by atoms with Gasteiger partial charge in [-0.1, -0.05) is 13.3 Å². The molecule has 2 aliphatic rings. The summed E-state index contributed by atoms with van der Waals surface area (Å²) in [5.41, 5.74) is 0. The highest BCUT2D eigenvalue weighted by Crippen LogP contribution is 2.25. The first-order chi connectivity index (χ1) is 7.31. The van der Waals surface area contributed by atoms with Crippen molar-refractivity contribution in [2.75, 3.05) is 24.7 Å². The van der Waals surface area contributed by atoms with Crippen LogP contribution in [0.25, 0.3) is 0 Å². The van der Waals surface area contributed by atoms with Crippen LogP contribution in [0.4, 0.5) is 0 Å². The van der Waals surface area contributed by atoms with Crippen molar-refractivity contribution < 1.29 is 4.79 Å². The second-order valence-corrected chi connectivity index (χ2v) is 5.64. The summed E-state index contributed by atoms with van der Waals surface area (Å²) in [6, 6.07) is 0.101. The van der Waals surface area contributed by atoms with Crippen LogP contribution in [0.1, 0.15) is 26.2 Å². The summed E-state index contributed by atoms with van der Waals surface area (Å²) in [5, 5.41) is 3.30. The van der Waals surface area contributed by atoms with E-state index >= 15 is 0 Å². The van der Waals surface area contributed by atoms with E-state index in [4.69, 9.17) is 0 Å². The summed E-state index contributed by atoms with van der Waals surface area (Å²) in [6.07, 6.45) is 3.35. The Morgan fingerprint density at radius 1 is 1.60 bits per heavy atom. The first-order valence-corrected chi connectivity index (χ1v) is 7.06. The van der Waals surface area contributed by atoms with Gasteiger partial charge in [-0.05, 0) is 30.3 Å². The van der Waals surface area contributed by atoms with E-state index in [1.807, 2.05) is 16.7 Å². The molecule has 0 bridgehead atoms. The molecule has 2 aliphatic heterocycles. The van der Waals surface area contributed by atoms with Crippen LogP contribution in [0.5, 0.6) is 0 Å². The Hall–Kier alpha value is -0.220. The molecular weight excluding hydrogens is 208 g/mol. The fourth-order valence-electron chi connectivity index (χ4n) is 2.31. The van der Waals surface area contributed by atoms with E-state index in [2.05, 4.69) is 12.2 Å². The lowest BCUT2D eigenvalue weighted by Gasteiger charge is -2.19. The third kappa shape index (κ3) is 2.67.